The molecule has 1 saturated carbocycles. The molecule has 1 aromatic carbocycles. The van der Waals surface area contributed by atoms with Crippen LogP contribution < -0.4 is 10.2 Å². The zero-order chi connectivity index (χ0) is 15.1. The Labute approximate surface area is 119 Å². The van der Waals surface area contributed by atoms with Crippen molar-refractivity contribution < 1.29 is 19.0 Å². The smallest absolute Gasteiger partial charge is 0.341 e. The van der Waals surface area contributed by atoms with Gasteiger partial charge < -0.3 is 14.4 Å². The molecular weight excluding hydrogens is 277 g/mol. The molecule has 3 rings (SSSR count). The van der Waals surface area contributed by atoms with Crippen LogP contribution in [0.4, 0.5) is 4.39 Å². The summed E-state index contributed by atoms with van der Waals surface area (Å²) in [6.45, 7) is 2.10. The molecule has 110 valence electrons. The molecule has 1 N–H and O–H groups in total. The summed E-state index contributed by atoms with van der Waals surface area (Å²) in [6, 6.07) is 2.44. The predicted octanol–water partition coefficient (Wildman–Crippen LogP) is 2.57. The van der Waals surface area contributed by atoms with Crippen LogP contribution in [-0.4, -0.2) is 22.2 Å². The largest absolute Gasteiger partial charge is 0.492 e. The van der Waals surface area contributed by atoms with E-state index in [2.05, 4.69) is 0 Å². The quantitative estimate of drug-likeness (QED) is 0.940. The van der Waals surface area contributed by atoms with E-state index in [-0.39, 0.29) is 22.7 Å². The highest BCUT2D eigenvalue weighted by Crippen LogP contribution is 2.39. The molecular formula is C15H14FNO4. The number of carboxylic acid groups (broad SMARTS) is 1. The zero-order valence-corrected chi connectivity index (χ0v) is 11.4. The Kier molecular flexibility index (Phi) is 3.16. The molecule has 1 aliphatic rings. The van der Waals surface area contributed by atoms with Crippen LogP contribution in [0, 0.1) is 5.82 Å². The summed E-state index contributed by atoms with van der Waals surface area (Å²) in [7, 11) is 0. The van der Waals surface area contributed by atoms with E-state index in [0.717, 1.165) is 18.9 Å². The van der Waals surface area contributed by atoms with E-state index in [0.29, 0.717) is 12.1 Å². The maximum absolute atomic E-state index is 13.7. The van der Waals surface area contributed by atoms with Gasteiger partial charge in [0.2, 0.25) is 5.43 Å². The van der Waals surface area contributed by atoms with E-state index in [1.807, 2.05) is 0 Å². The van der Waals surface area contributed by atoms with E-state index in [1.165, 1.54) is 12.3 Å². The standard InChI is InChI=1S/C15H14FNO4/c1-2-21-12-6-8(16)5-10-13(12)17(9-3-4-9)7-11(14(10)18)15(19)20/h5-7,9H,2-4H2,1H3,(H,19,20). The minimum Gasteiger partial charge on any atom is -0.492 e. The molecule has 0 amide bonds. The Morgan fingerprint density at radius 3 is 2.76 bits per heavy atom. The van der Waals surface area contributed by atoms with Crippen molar-refractivity contribution in [3.8, 4) is 5.75 Å². The van der Waals surface area contributed by atoms with E-state index < -0.39 is 17.2 Å². The Morgan fingerprint density at radius 2 is 2.19 bits per heavy atom. The fourth-order valence-corrected chi connectivity index (χ4v) is 2.48. The summed E-state index contributed by atoms with van der Waals surface area (Å²) in [5.41, 5.74) is -0.562. The molecule has 0 radical (unpaired) electrons. The van der Waals surface area contributed by atoms with Gasteiger partial charge in [-0.25, -0.2) is 9.18 Å². The van der Waals surface area contributed by atoms with E-state index in [1.54, 1.807) is 11.5 Å². The summed E-state index contributed by atoms with van der Waals surface area (Å²) >= 11 is 0. The van der Waals surface area contributed by atoms with Crippen LogP contribution in [0.5, 0.6) is 5.75 Å². The highest BCUT2D eigenvalue weighted by molar-refractivity contribution is 5.94. The lowest BCUT2D eigenvalue weighted by molar-refractivity contribution is 0.0695. The van der Waals surface area contributed by atoms with Gasteiger partial charge in [-0.2, -0.15) is 0 Å². The van der Waals surface area contributed by atoms with E-state index in [9.17, 15) is 14.0 Å². The number of halogens is 1. The Hall–Kier alpha value is -2.37. The summed E-state index contributed by atoms with van der Waals surface area (Å²) in [5.74, 6) is -1.65. The minimum absolute atomic E-state index is 0.0465. The third-order valence-corrected chi connectivity index (χ3v) is 3.53. The lowest BCUT2D eigenvalue weighted by Gasteiger charge is -2.15. The van der Waals surface area contributed by atoms with Gasteiger partial charge in [-0.3, -0.25) is 4.79 Å². The number of carbonyl (C=O) groups is 1. The van der Waals surface area contributed by atoms with Gasteiger partial charge in [-0.05, 0) is 25.8 Å². The van der Waals surface area contributed by atoms with Gasteiger partial charge in [0.25, 0.3) is 0 Å². The topological polar surface area (TPSA) is 68.5 Å². The van der Waals surface area contributed by atoms with Gasteiger partial charge in [0.15, 0.2) is 0 Å². The number of rotatable bonds is 4. The Morgan fingerprint density at radius 1 is 1.48 bits per heavy atom. The van der Waals surface area contributed by atoms with Crippen molar-refractivity contribution in [1.82, 2.24) is 4.57 Å². The number of pyridine rings is 1. The minimum atomic E-state index is -1.31. The van der Waals surface area contributed by atoms with Gasteiger partial charge >= 0.3 is 5.97 Å². The van der Waals surface area contributed by atoms with Crippen molar-refractivity contribution >= 4 is 16.9 Å². The van der Waals surface area contributed by atoms with Crippen molar-refractivity contribution in [2.75, 3.05) is 6.61 Å². The summed E-state index contributed by atoms with van der Waals surface area (Å²) in [4.78, 5) is 23.5. The monoisotopic (exact) mass is 291 g/mol. The number of hydrogen-bond donors (Lipinski definition) is 1. The SMILES string of the molecule is CCOc1cc(F)cc2c(=O)c(C(=O)O)cn(C3CC3)c12. The van der Waals surface area contributed by atoms with Crippen LogP contribution in [0.3, 0.4) is 0 Å². The van der Waals surface area contributed by atoms with Crippen molar-refractivity contribution in [1.29, 1.82) is 0 Å². The average molecular weight is 291 g/mol. The molecule has 0 unspecified atom stereocenters. The van der Waals surface area contributed by atoms with Crippen LogP contribution in [0.2, 0.25) is 0 Å². The second kappa shape index (κ2) is 4.87. The molecule has 0 aliphatic heterocycles. The van der Waals surface area contributed by atoms with Crippen LogP contribution in [0.25, 0.3) is 10.9 Å². The number of aromatic nitrogens is 1. The lowest BCUT2D eigenvalue weighted by atomic mass is 10.1. The first-order valence-electron chi connectivity index (χ1n) is 6.77. The Bertz CT molecular complexity index is 792. The Balaban J connectivity index is 2.43. The molecule has 0 spiro atoms. The number of nitrogens with zero attached hydrogens (tertiary/aromatic N) is 1. The number of benzene rings is 1. The van der Waals surface area contributed by atoms with Crippen LogP contribution in [0.15, 0.2) is 23.1 Å². The molecule has 1 aromatic heterocycles. The van der Waals surface area contributed by atoms with E-state index >= 15 is 0 Å². The number of fused-ring (bicyclic) bond motifs is 1. The average Bonchev–Trinajstić information content (AvgIpc) is 3.24. The van der Waals surface area contributed by atoms with Crippen molar-refractivity contribution in [2.45, 2.75) is 25.8 Å². The van der Waals surface area contributed by atoms with Crippen molar-refractivity contribution in [2.24, 2.45) is 0 Å². The fourth-order valence-electron chi connectivity index (χ4n) is 2.48. The van der Waals surface area contributed by atoms with Crippen LogP contribution in [-0.2, 0) is 0 Å². The number of hydrogen-bond acceptors (Lipinski definition) is 3. The molecule has 1 aliphatic carbocycles. The van der Waals surface area contributed by atoms with Gasteiger partial charge in [0.05, 0.1) is 17.5 Å². The highest BCUT2D eigenvalue weighted by Gasteiger charge is 2.28. The summed E-state index contributed by atoms with van der Waals surface area (Å²) < 4.78 is 20.9. The van der Waals surface area contributed by atoms with Crippen LogP contribution in [0.1, 0.15) is 36.2 Å². The molecule has 2 aromatic rings. The fraction of sp³-hybridized carbons (Fsp3) is 0.333. The highest BCUT2D eigenvalue weighted by atomic mass is 19.1. The molecule has 5 nitrogen and oxygen atoms in total. The summed E-state index contributed by atoms with van der Waals surface area (Å²) in [5, 5.41) is 9.20. The first-order valence-corrected chi connectivity index (χ1v) is 6.77. The first kappa shape index (κ1) is 13.6. The second-order valence-corrected chi connectivity index (χ2v) is 5.05. The predicted molar refractivity (Wildman–Crippen MR) is 74.6 cm³/mol. The van der Waals surface area contributed by atoms with E-state index in [4.69, 9.17) is 9.84 Å². The first-order chi connectivity index (χ1) is 10.0. The number of carboxylic acids is 1. The summed E-state index contributed by atoms with van der Waals surface area (Å²) in [6.07, 6.45) is 3.14. The molecule has 21 heavy (non-hydrogen) atoms. The van der Waals surface area contributed by atoms with Gasteiger partial charge in [0, 0.05) is 18.3 Å². The molecule has 1 fully saturated rings. The second-order valence-electron chi connectivity index (χ2n) is 5.05. The number of ether oxygens (including phenoxy) is 1. The van der Waals surface area contributed by atoms with Crippen LogP contribution >= 0.6 is 0 Å². The molecule has 0 atom stereocenters. The third-order valence-electron chi connectivity index (χ3n) is 3.53. The third kappa shape index (κ3) is 2.26. The normalized spacial score (nSPS) is 14.4. The maximum atomic E-state index is 13.7. The molecule has 0 saturated heterocycles. The lowest BCUT2D eigenvalue weighted by Crippen LogP contribution is -2.19. The van der Waals surface area contributed by atoms with Gasteiger partial charge in [-0.15, -0.1) is 0 Å². The maximum Gasteiger partial charge on any atom is 0.341 e. The number of aromatic carboxylic acids is 1. The zero-order valence-electron chi connectivity index (χ0n) is 11.4. The molecule has 0 bridgehead atoms. The van der Waals surface area contributed by atoms with Gasteiger partial charge in [-0.1, -0.05) is 0 Å². The molecule has 1 heterocycles. The van der Waals surface area contributed by atoms with Gasteiger partial charge in [0.1, 0.15) is 17.1 Å². The molecule has 6 heteroatoms. The van der Waals surface area contributed by atoms with Crippen molar-refractivity contribution in [3.63, 3.8) is 0 Å². The van der Waals surface area contributed by atoms with Crippen molar-refractivity contribution in [3.05, 3.63) is 39.9 Å².